The molecular formula is C25H33IN6O11S. The van der Waals surface area contributed by atoms with Crippen molar-refractivity contribution in [3.8, 4) is 0 Å². The summed E-state index contributed by atoms with van der Waals surface area (Å²) in [4.78, 5) is 36.7. The summed E-state index contributed by atoms with van der Waals surface area (Å²) < 4.78 is 28.7. The number of hydrogen-bond donors (Lipinski definition) is 3. The Balaban J connectivity index is 0.000000456. The molecule has 2 amide bonds. The van der Waals surface area contributed by atoms with E-state index in [4.69, 9.17) is 9.99 Å². The van der Waals surface area contributed by atoms with E-state index in [-0.39, 0.29) is 30.0 Å². The first kappa shape index (κ1) is 35.5. The van der Waals surface area contributed by atoms with Crippen LogP contribution < -0.4 is 15.5 Å². The number of benzene rings is 1. The number of amides is 2. The zero-order valence-corrected chi connectivity index (χ0v) is 26.8. The molecule has 242 valence electrons. The van der Waals surface area contributed by atoms with E-state index in [1.165, 1.54) is 11.6 Å². The average Bonchev–Trinajstić information content (AvgIpc) is 3.39. The van der Waals surface area contributed by atoms with Gasteiger partial charge in [-0.05, 0) is 68.8 Å². The molecule has 2 aliphatic heterocycles. The van der Waals surface area contributed by atoms with E-state index in [0.717, 1.165) is 59.4 Å². The van der Waals surface area contributed by atoms with Gasteiger partial charge >= 0.3 is 13.4 Å². The standard InChI is InChI=1S/C25H32N6O3.HIO8S/c1-4-23(32)27-19-7-5-18(6-8-19)15-30-13-10-20(11-14-30)28-24-26-12-9-22(29-24)31-21(17(2)3)16-34-25(31)33;1-10(3,4)9-8-7-6-5-2/h4-9,12,17,20-21H,1,10-11,13-16H2,2-3H3,(H,27,32)(H,26,28,29);2H/t21-;/m1./s1. The Morgan fingerprint density at radius 2 is 1.91 bits per heavy atom. The summed E-state index contributed by atoms with van der Waals surface area (Å²) in [5.41, 5.74) is 1.97. The summed E-state index contributed by atoms with van der Waals surface area (Å²) >= 11 is 0.914. The van der Waals surface area contributed by atoms with Crippen LogP contribution in [-0.4, -0.2) is 72.3 Å². The van der Waals surface area contributed by atoms with Crippen molar-refractivity contribution >= 4 is 57.9 Å². The van der Waals surface area contributed by atoms with Gasteiger partial charge in [-0.3, -0.25) is 14.6 Å². The second-order valence-electron chi connectivity index (χ2n) is 9.82. The van der Waals surface area contributed by atoms with E-state index >= 15 is 0 Å². The Kier molecular flexibility index (Phi) is 14.1. The Bertz CT molecular complexity index is 1340. The van der Waals surface area contributed by atoms with Crippen molar-refractivity contribution in [1.82, 2.24) is 14.9 Å². The number of ether oxygens (including phenoxy) is 1. The number of rotatable bonds is 13. The molecule has 1 aromatic heterocycles. The predicted octanol–water partition coefficient (Wildman–Crippen LogP) is 3.54. The lowest BCUT2D eigenvalue weighted by atomic mass is 10.0. The molecule has 19 heteroatoms. The molecule has 2 aromatic rings. The van der Waals surface area contributed by atoms with Gasteiger partial charge in [0.15, 0.2) is 0 Å². The number of nitrogens with zero attached hydrogens (tertiary/aromatic N) is 4. The van der Waals surface area contributed by atoms with E-state index in [1.54, 1.807) is 17.2 Å². The lowest BCUT2D eigenvalue weighted by Gasteiger charge is -2.32. The number of aromatic nitrogens is 2. The topological polar surface area (TPSA) is 200 Å². The Hall–Kier alpha value is -3.02. The maximum atomic E-state index is 12.3. The van der Waals surface area contributed by atoms with Gasteiger partial charge in [0, 0.05) is 37.6 Å². The van der Waals surface area contributed by atoms with Crippen LogP contribution in [0.15, 0.2) is 49.2 Å². The summed E-state index contributed by atoms with van der Waals surface area (Å²) in [5, 5.41) is 26.2. The van der Waals surface area contributed by atoms with Gasteiger partial charge in [-0.2, -0.15) is 13.4 Å². The largest absolute Gasteiger partial charge is 0.447 e. The van der Waals surface area contributed by atoms with Gasteiger partial charge in [0.1, 0.15) is 33.6 Å². The molecule has 0 radical (unpaired) electrons. The zero-order chi connectivity index (χ0) is 32.1. The third-order valence-electron chi connectivity index (χ3n) is 6.49. The van der Waals surface area contributed by atoms with Crippen molar-refractivity contribution in [1.29, 1.82) is 0 Å². The van der Waals surface area contributed by atoms with E-state index < -0.39 is 7.29 Å². The molecule has 3 N–H and O–H groups in total. The molecule has 0 spiro atoms. The number of likely N-dealkylation sites (tertiary alicyclic amines) is 1. The van der Waals surface area contributed by atoms with E-state index in [0.29, 0.717) is 18.4 Å². The molecule has 1 atom stereocenters. The van der Waals surface area contributed by atoms with Gasteiger partial charge in [-0.15, -0.1) is 0 Å². The highest BCUT2D eigenvalue weighted by Crippen LogP contribution is 2.26. The highest BCUT2D eigenvalue weighted by atomic mass is 127. The maximum Gasteiger partial charge on any atom is 0.415 e. The summed E-state index contributed by atoms with van der Waals surface area (Å²) in [6.45, 7) is 10.8. The van der Waals surface area contributed by atoms with Crippen LogP contribution in [-0.2, 0) is 47.9 Å². The molecule has 0 unspecified atom stereocenters. The summed E-state index contributed by atoms with van der Waals surface area (Å²) in [6, 6.07) is 9.90. The fraction of sp³-hybridized carbons (Fsp3) is 0.440. The van der Waals surface area contributed by atoms with Gasteiger partial charge < -0.3 is 15.4 Å². The number of nitrogens with one attached hydrogen (secondary N) is 2. The van der Waals surface area contributed by atoms with Crippen LogP contribution in [0.5, 0.6) is 0 Å². The molecular weight excluding hydrogens is 719 g/mol. The van der Waals surface area contributed by atoms with Crippen molar-refractivity contribution in [3.05, 3.63) is 54.7 Å². The molecule has 0 bridgehead atoms. The van der Waals surface area contributed by atoms with Gasteiger partial charge in [-0.1, -0.05) is 36.9 Å². The van der Waals surface area contributed by atoms with Gasteiger partial charge in [0.25, 0.3) is 0 Å². The highest BCUT2D eigenvalue weighted by molar-refractivity contribution is 14.2. The van der Waals surface area contributed by atoms with E-state index in [1.807, 2.05) is 24.3 Å². The van der Waals surface area contributed by atoms with Crippen molar-refractivity contribution in [2.45, 2.75) is 45.3 Å². The summed E-state index contributed by atoms with van der Waals surface area (Å²) in [6.07, 6.45) is 4.54. The van der Waals surface area contributed by atoms with Crippen LogP contribution in [0.3, 0.4) is 0 Å². The molecule has 2 fully saturated rings. The molecule has 2 saturated heterocycles. The number of halogens is 1. The second-order valence-corrected chi connectivity index (χ2v) is 14.0. The van der Waals surface area contributed by atoms with Crippen LogP contribution in [0.4, 0.5) is 22.2 Å². The van der Waals surface area contributed by atoms with Crippen LogP contribution in [0.25, 0.3) is 0 Å². The van der Waals surface area contributed by atoms with E-state index in [9.17, 15) is 18.0 Å². The molecule has 1 aromatic carbocycles. The fourth-order valence-electron chi connectivity index (χ4n) is 4.37. The quantitative estimate of drug-likeness (QED) is 0.0670. The van der Waals surface area contributed by atoms with Crippen LogP contribution >= 0.6 is 21.2 Å². The van der Waals surface area contributed by atoms with Crippen LogP contribution in [0.2, 0.25) is 0 Å². The summed E-state index contributed by atoms with van der Waals surface area (Å²) in [5.74, 6) is 1.17. The predicted molar refractivity (Wildman–Crippen MR) is 163 cm³/mol. The first-order chi connectivity index (χ1) is 21.0. The number of cyclic esters (lactones) is 1. The van der Waals surface area contributed by atoms with Crippen molar-refractivity contribution in [3.63, 3.8) is 0 Å². The molecule has 3 heterocycles. The Morgan fingerprint density at radius 1 is 1.20 bits per heavy atom. The van der Waals surface area contributed by atoms with Crippen molar-refractivity contribution in [2.24, 2.45) is 5.92 Å². The van der Waals surface area contributed by atoms with Crippen LogP contribution in [0, 0.1) is 5.92 Å². The number of carbonyl (C=O) groups excluding carboxylic acids is 2. The maximum absolute atomic E-state index is 12.3. The normalized spacial score (nSPS) is 17.5. The SMILES string of the molecule is C=CC(=O)Nc1ccc(CN2CCC(Nc3nccc(N4C(=O)OC[C@@H]4C(C)C)n3)CC2)cc1.O=S(=O)(I)OOOOOO. The zero-order valence-electron chi connectivity index (χ0n) is 23.8. The molecule has 2 aliphatic rings. The van der Waals surface area contributed by atoms with Gasteiger partial charge in [0.05, 0.1) is 6.04 Å². The third kappa shape index (κ3) is 11.8. The number of piperidine rings is 1. The minimum absolute atomic E-state index is 0.0224. The van der Waals surface area contributed by atoms with Crippen molar-refractivity contribution < 1.29 is 52.5 Å². The van der Waals surface area contributed by atoms with Gasteiger partial charge in [-0.25, -0.2) is 15.0 Å². The first-order valence-electron chi connectivity index (χ1n) is 13.2. The Labute approximate surface area is 265 Å². The molecule has 4 rings (SSSR count). The molecule has 44 heavy (non-hydrogen) atoms. The molecule has 0 aliphatic carbocycles. The average molecular weight is 753 g/mol. The van der Waals surface area contributed by atoms with Crippen LogP contribution in [0.1, 0.15) is 32.3 Å². The summed E-state index contributed by atoms with van der Waals surface area (Å²) in [7, 11) is -3.80. The number of anilines is 3. The minimum atomic E-state index is -3.80. The number of carbonyl (C=O) groups is 2. The molecule has 0 saturated carbocycles. The second kappa shape index (κ2) is 17.5. The number of hydrogen-bond acceptors (Lipinski definition) is 15. The highest BCUT2D eigenvalue weighted by Gasteiger charge is 2.37. The smallest absolute Gasteiger partial charge is 0.415 e. The molecule has 17 nitrogen and oxygen atoms in total. The Morgan fingerprint density at radius 3 is 2.52 bits per heavy atom. The van der Waals surface area contributed by atoms with Crippen molar-refractivity contribution in [2.75, 3.05) is 35.2 Å². The monoisotopic (exact) mass is 752 g/mol. The first-order valence-corrected chi connectivity index (χ1v) is 17.2. The van der Waals surface area contributed by atoms with Gasteiger partial charge in [0.2, 0.25) is 11.9 Å². The van der Waals surface area contributed by atoms with E-state index in [2.05, 4.69) is 70.4 Å². The minimum Gasteiger partial charge on any atom is -0.447 e. The fourth-order valence-corrected chi connectivity index (χ4v) is 4.64. The third-order valence-corrected chi connectivity index (χ3v) is 7.15. The lowest BCUT2D eigenvalue weighted by molar-refractivity contribution is -0.740. The lowest BCUT2D eigenvalue weighted by Crippen LogP contribution is -2.39.